The molecular formula is C15H15NO4S2. The van der Waals surface area contributed by atoms with Crippen LogP contribution < -0.4 is 9.46 Å². The molecule has 0 saturated carbocycles. The van der Waals surface area contributed by atoms with Gasteiger partial charge in [-0.1, -0.05) is 12.1 Å². The maximum Gasteiger partial charge on any atom is 0.261 e. The molecule has 2 aromatic carbocycles. The van der Waals surface area contributed by atoms with Crippen molar-refractivity contribution in [2.24, 2.45) is 0 Å². The van der Waals surface area contributed by atoms with Crippen LogP contribution in [0, 0.1) is 0 Å². The molecule has 5 nitrogen and oxygen atoms in total. The van der Waals surface area contributed by atoms with Gasteiger partial charge in [0.25, 0.3) is 10.0 Å². The van der Waals surface area contributed by atoms with Gasteiger partial charge in [-0.05, 0) is 36.4 Å². The first kappa shape index (κ1) is 16.4. The van der Waals surface area contributed by atoms with E-state index in [0.717, 1.165) is 0 Å². The summed E-state index contributed by atoms with van der Waals surface area (Å²) >= 11 is 3.90. The lowest BCUT2D eigenvalue weighted by molar-refractivity contribution is 0.102. The number of hydrogen-bond acceptors (Lipinski definition) is 5. The number of rotatable bonds is 6. The number of ketones is 1. The van der Waals surface area contributed by atoms with Gasteiger partial charge < -0.3 is 4.74 Å². The molecule has 2 rings (SSSR count). The van der Waals surface area contributed by atoms with Crippen molar-refractivity contribution in [3.63, 3.8) is 0 Å². The molecule has 0 spiro atoms. The van der Waals surface area contributed by atoms with Gasteiger partial charge >= 0.3 is 0 Å². The summed E-state index contributed by atoms with van der Waals surface area (Å²) in [5.41, 5.74) is 0.856. The van der Waals surface area contributed by atoms with E-state index >= 15 is 0 Å². The van der Waals surface area contributed by atoms with Crippen molar-refractivity contribution in [3.8, 4) is 5.75 Å². The van der Waals surface area contributed by atoms with Crippen LogP contribution >= 0.6 is 12.6 Å². The Bertz CT molecular complexity index is 753. The first-order valence-electron chi connectivity index (χ1n) is 6.37. The summed E-state index contributed by atoms with van der Waals surface area (Å²) in [7, 11) is -2.17. The number of methoxy groups -OCH3 is 1. The van der Waals surface area contributed by atoms with Crippen LogP contribution in [0.5, 0.6) is 5.75 Å². The van der Waals surface area contributed by atoms with Crippen LogP contribution in [0.2, 0.25) is 0 Å². The van der Waals surface area contributed by atoms with Gasteiger partial charge in [0.2, 0.25) is 0 Å². The van der Waals surface area contributed by atoms with Gasteiger partial charge in [-0.3, -0.25) is 9.52 Å². The first-order valence-corrected chi connectivity index (χ1v) is 8.49. The zero-order chi connectivity index (χ0) is 16.2. The van der Waals surface area contributed by atoms with Gasteiger partial charge in [-0.25, -0.2) is 8.42 Å². The molecule has 7 heteroatoms. The molecule has 0 atom stereocenters. The van der Waals surface area contributed by atoms with Gasteiger partial charge in [0.15, 0.2) is 5.78 Å². The Labute approximate surface area is 134 Å². The highest BCUT2D eigenvalue weighted by atomic mass is 32.2. The number of carbonyl (C=O) groups is 1. The summed E-state index contributed by atoms with van der Waals surface area (Å²) in [4.78, 5) is 11.6. The minimum atomic E-state index is -3.70. The topological polar surface area (TPSA) is 72.5 Å². The molecule has 0 aliphatic rings. The van der Waals surface area contributed by atoms with Crippen LogP contribution in [0.1, 0.15) is 10.4 Å². The highest BCUT2D eigenvalue weighted by molar-refractivity contribution is 7.92. The third-order valence-electron chi connectivity index (χ3n) is 2.97. The molecule has 0 aromatic heterocycles. The van der Waals surface area contributed by atoms with Crippen molar-refractivity contribution in [1.29, 1.82) is 0 Å². The largest absolute Gasteiger partial charge is 0.497 e. The number of ether oxygens (including phenoxy) is 1. The molecule has 0 radical (unpaired) electrons. The smallest absolute Gasteiger partial charge is 0.261 e. The number of thiol groups is 1. The SMILES string of the molecule is COc1ccc(NS(=O)(=O)c2ccc(C(=O)CS)cc2)cc1. The zero-order valence-electron chi connectivity index (χ0n) is 11.8. The summed E-state index contributed by atoms with van der Waals surface area (Å²) in [6.07, 6.45) is 0. The molecule has 0 aliphatic carbocycles. The van der Waals surface area contributed by atoms with E-state index in [0.29, 0.717) is 17.0 Å². The standard InChI is InChI=1S/C15H15NO4S2/c1-20-13-6-4-12(5-7-13)16-22(18,19)14-8-2-11(3-9-14)15(17)10-21/h2-9,16,21H,10H2,1H3. The summed E-state index contributed by atoms with van der Waals surface area (Å²) in [6, 6.07) is 12.3. The van der Waals surface area contributed by atoms with Gasteiger partial charge in [0.05, 0.1) is 17.8 Å². The van der Waals surface area contributed by atoms with E-state index in [1.807, 2.05) is 0 Å². The normalized spacial score (nSPS) is 11.0. The molecule has 0 bridgehead atoms. The van der Waals surface area contributed by atoms with E-state index in [1.165, 1.54) is 31.4 Å². The number of hydrogen-bond donors (Lipinski definition) is 2. The average molecular weight is 337 g/mol. The van der Waals surface area contributed by atoms with Crippen LogP contribution in [0.4, 0.5) is 5.69 Å². The molecule has 1 N–H and O–H groups in total. The number of benzene rings is 2. The highest BCUT2D eigenvalue weighted by Gasteiger charge is 2.15. The van der Waals surface area contributed by atoms with Gasteiger partial charge in [0, 0.05) is 11.3 Å². The van der Waals surface area contributed by atoms with Crippen LogP contribution in [-0.2, 0) is 10.0 Å². The zero-order valence-corrected chi connectivity index (χ0v) is 13.5. The van der Waals surface area contributed by atoms with Crippen LogP contribution in [-0.4, -0.2) is 27.1 Å². The lowest BCUT2D eigenvalue weighted by atomic mass is 10.1. The van der Waals surface area contributed by atoms with Crippen LogP contribution in [0.25, 0.3) is 0 Å². The molecule has 0 fully saturated rings. The maximum atomic E-state index is 12.3. The van der Waals surface area contributed by atoms with E-state index in [1.54, 1.807) is 24.3 Å². The summed E-state index contributed by atoms with van der Waals surface area (Å²) < 4.78 is 32.0. The van der Waals surface area contributed by atoms with Crippen molar-refractivity contribution in [2.45, 2.75) is 4.90 Å². The predicted molar refractivity (Wildman–Crippen MR) is 88.4 cm³/mol. The maximum absolute atomic E-state index is 12.3. The van der Waals surface area contributed by atoms with Crippen molar-refractivity contribution < 1.29 is 17.9 Å². The molecule has 0 amide bonds. The van der Waals surface area contributed by atoms with Crippen molar-refractivity contribution in [1.82, 2.24) is 0 Å². The summed E-state index contributed by atoms with van der Waals surface area (Å²) in [6.45, 7) is 0. The second kappa shape index (κ2) is 6.85. The van der Waals surface area contributed by atoms with Crippen LogP contribution in [0.15, 0.2) is 53.4 Å². The fraction of sp³-hybridized carbons (Fsp3) is 0.133. The molecule has 0 unspecified atom stereocenters. The van der Waals surface area contributed by atoms with E-state index in [-0.39, 0.29) is 16.4 Å². The van der Waals surface area contributed by atoms with Crippen LogP contribution in [0.3, 0.4) is 0 Å². The summed E-state index contributed by atoms with van der Waals surface area (Å²) in [5.74, 6) is 0.559. The Morgan fingerprint density at radius 1 is 1.09 bits per heavy atom. The number of Topliss-reactive ketones (excluding diaryl/α,β-unsaturated/α-hetero) is 1. The van der Waals surface area contributed by atoms with E-state index in [9.17, 15) is 13.2 Å². The average Bonchev–Trinajstić information content (AvgIpc) is 2.54. The lowest BCUT2D eigenvalue weighted by Crippen LogP contribution is -2.13. The van der Waals surface area contributed by atoms with Crippen molar-refractivity contribution in [3.05, 3.63) is 54.1 Å². The molecule has 0 heterocycles. The number of anilines is 1. The molecule has 22 heavy (non-hydrogen) atoms. The Morgan fingerprint density at radius 3 is 2.18 bits per heavy atom. The Balaban J connectivity index is 2.20. The number of nitrogens with one attached hydrogen (secondary N) is 1. The fourth-order valence-electron chi connectivity index (χ4n) is 1.78. The van der Waals surface area contributed by atoms with Gasteiger partial charge in [-0.2, -0.15) is 12.6 Å². The summed E-state index contributed by atoms with van der Waals surface area (Å²) in [5, 5.41) is 0. The van der Waals surface area contributed by atoms with Gasteiger partial charge in [-0.15, -0.1) is 0 Å². The second-order valence-electron chi connectivity index (χ2n) is 4.44. The Morgan fingerprint density at radius 2 is 1.68 bits per heavy atom. The quantitative estimate of drug-likeness (QED) is 0.628. The minimum Gasteiger partial charge on any atom is -0.497 e. The monoisotopic (exact) mass is 337 g/mol. The fourth-order valence-corrected chi connectivity index (χ4v) is 3.03. The first-order chi connectivity index (χ1) is 10.5. The Hall–Kier alpha value is -1.99. The second-order valence-corrected chi connectivity index (χ2v) is 6.44. The van der Waals surface area contributed by atoms with Crippen molar-refractivity contribution in [2.75, 3.05) is 17.6 Å². The number of carbonyl (C=O) groups excluding carboxylic acids is 1. The van der Waals surface area contributed by atoms with E-state index < -0.39 is 10.0 Å². The lowest BCUT2D eigenvalue weighted by Gasteiger charge is -2.09. The molecule has 0 saturated heterocycles. The molecular weight excluding hydrogens is 322 g/mol. The minimum absolute atomic E-state index is 0.0796. The van der Waals surface area contributed by atoms with Crippen molar-refractivity contribution >= 4 is 34.1 Å². The number of sulfonamides is 1. The third kappa shape index (κ3) is 3.80. The molecule has 0 aliphatic heterocycles. The van der Waals surface area contributed by atoms with Gasteiger partial charge in [0.1, 0.15) is 5.75 Å². The molecule has 2 aromatic rings. The molecule has 116 valence electrons. The third-order valence-corrected chi connectivity index (χ3v) is 4.66. The Kier molecular flexibility index (Phi) is 5.10. The van der Waals surface area contributed by atoms with E-state index in [4.69, 9.17) is 4.74 Å². The van der Waals surface area contributed by atoms with E-state index in [2.05, 4.69) is 17.4 Å². The highest BCUT2D eigenvalue weighted by Crippen LogP contribution is 2.19. The predicted octanol–water partition coefficient (Wildman–Crippen LogP) is 2.61.